The maximum Gasteiger partial charge on any atom is 0.0419 e. The lowest BCUT2D eigenvalue weighted by atomic mass is 9.83. The highest BCUT2D eigenvalue weighted by atomic mass is 14.9. The first-order valence-electron chi connectivity index (χ1n) is 8.57. The van der Waals surface area contributed by atoms with E-state index in [1.165, 1.54) is 60.9 Å². The van der Waals surface area contributed by atoms with E-state index in [1.807, 2.05) is 0 Å². The van der Waals surface area contributed by atoms with Crippen molar-refractivity contribution >= 4 is 16.8 Å². The molecule has 1 aliphatic carbocycles. The molecule has 0 bridgehead atoms. The summed E-state index contributed by atoms with van der Waals surface area (Å²) in [5.74, 6) is 0. The Hall–Kier alpha value is -2.02. The fourth-order valence-corrected chi connectivity index (χ4v) is 3.91. The molecule has 1 nitrogen and oxygen atoms in total. The number of para-hydroxylation sites is 1. The number of hydrogen-bond acceptors (Lipinski definition) is 1. The van der Waals surface area contributed by atoms with E-state index >= 15 is 0 Å². The van der Waals surface area contributed by atoms with Crippen LogP contribution in [0.1, 0.15) is 55.2 Å². The lowest BCUT2D eigenvalue weighted by Gasteiger charge is -2.26. The van der Waals surface area contributed by atoms with Gasteiger partial charge in [-0.3, -0.25) is 0 Å². The van der Waals surface area contributed by atoms with Crippen molar-refractivity contribution in [3.63, 3.8) is 0 Å². The normalized spacial score (nSPS) is 21.1. The van der Waals surface area contributed by atoms with Gasteiger partial charge in [0.05, 0.1) is 0 Å². The van der Waals surface area contributed by atoms with Crippen molar-refractivity contribution in [2.24, 2.45) is 0 Å². The minimum atomic E-state index is 0.921. The first kappa shape index (κ1) is 13.6. The summed E-state index contributed by atoms with van der Waals surface area (Å²) in [5.41, 5.74) is 8.81. The van der Waals surface area contributed by atoms with E-state index in [9.17, 15) is 0 Å². The van der Waals surface area contributed by atoms with Crippen molar-refractivity contribution < 1.29 is 0 Å². The summed E-state index contributed by atoms with van der Waals surface area (Å²) in [7, 11) is 0. The van der Waals surface area contributed by atoms with E-state index in [2.05, 4.69) is 53.8 Å². The number of hydrogen-bond donors (Lipinski definition) is 1. The number of fused-ring (bicyclic) bond motifs is 4. The van der Waals surface area contributed by atoms with Crippen LogP contribution in [-0.2, 0) is 6.54 Å². The molecule has 0 amide bonds. The average Bonchev–Trinajstić information content (AvgIpc) is 2.53. The van der Waals surface area contributed by atoms with Gasteiger partial charge in [0.2, 0.25) is 0 Å². The first-order chi connectivity index (χ1) is 10.9. The summed E-state index contributed by atoms with van der Waals surface area (Å²) in [6.45, 7) is 0.921. The molecule has 1 heteroatoms. The lowest BCUT2D eigenvalue weighted by molar-refractivity contribution is 0.648. The highest BCUT2D eigenvalue weighted by Crippen LogP contribution is 2.41. The monoisotopic (exact) mass is 289 g/mol. The van der Waals surface area contributed by atoms with Crippen LogP contribution in [0.5, 0.6) is 0 Å². The average molecular weight is 289 g/mol. The van der Waals surface area contributed by atoms with Crippen molar-refractivity contribution in [2.45, 2.75) is 45.1 Å². The summed E-state index contributed by atoms with van der Waals surface area (Å²) < 4.78 is 0. The zero-order valence-electron chi connectivity index (χ0n) is 13.1. The molecule has 1 heterocycles. The molecule has 2 aromatic carbocycles. The molecule has 0 spiro atoms. The van der Waals surface area contributed by atoms with Crippen molar-refractivity contribution in [3.8, 4) is 0 Å². The number of allylic oxidation sites excluding steroid dienone is 2. The molecule has 1 N–H and O–H groups in total. The van der Waals surface area contributed by atoms with Gasteiger partial charge < -0.3 is 5.32 Å². The van der Waals surface area contributed by atoms with Gasteiger partial charge in [-0.25, -0.2) is 0 Å². The van der Waals surface area contributed by atoms with Gasteiger partial charge in [0.25, 0.3) is 0 Å². The fourth-order valence-electron chi connectivity index (χ4n) is 3.91. The molecule has 0 radical (unpaired) electrons. The Morgan fingerprint density at radius 2 is 1.27 bits per heavy atom. The number of rotatable bonds is 0. The number of nitrogens with one attached hydrogen (secondary N) is 1. The van der Waals surface area contributed by atoms with Crippen LogP contribution in [0, 0.1) is 0 Å². The topological polar surface area (TPSA) is 12.0 Å². The molecule has 0 aromatic heterocycles. The molecular formula is C21H23N. The smallest absolute Gasteiger partial charge is 0.0419 e. The summed E-state index contributed by atoms with van der Waals surface area (Å²) in [4.78, 5) is 0. The van der Waals surface area contributed by atoms with Gasteiger partial charge in [0.15, 0.2) is 0 Å². The third-order valence-corrected chi connectivity index (χ3v) is 5.03. The van der Waals surface area contributed by atoms with E-state index in [4.69, 9.17) is 0 Å². The molecule has 4 rings (SSSR count). The third kappa shape index (κ3) is 2.45. The van der Waals surface area contributed by atoms with E-state index < -0.39 is 0 Å². The molecule has 2 aliphatic rings. The van der Waals surface area contributed by atoms with Gasteiger partial charge in [-0.1, -0.05) is 55.3 Å². The zero-order chi connectivity index (χ0) is 14.8. The Kier molecular flexibility index (Phi) is 3.72. The molecular weight excluding hydrogens is 266 g/mol. The molecule has 22 heavy (non-hydrogen) atoms. The van der Waals surface area contributed by atoms with Crippen molar-refractivity contribution in [1.82, 2.24) is 0 Å². The van der Waals surface area contributed by atoms with Crippen LogP contribution in [0.4, 0.5) is 5.69 Å². The second kappa shape index (κ2) is 6.00. The summed E-state index contributed by atoms with van der Waals surface area (Å²) >= 11 is 0. The predicted octanol–water partition coefficient (Wildman–Crippen LogP) is 5.88. The van der Waals surface area contributed by atoms with Crippen LogP contribution in [0.15, 0.2) is 48.5 Å². The molecule has 0 unspecified atom stereocenters. The second-order valence-electron chi connectivity index (χ2n) is 6.43. The fraction of sp³-hybridized carbons (Fsp3) is 0.333. The van der Waals surface area contributed by atoms with Crippen molar-refractivity contribution in [3.05, 3.63) is 65.2 Å². The SMILES string of the molecule is c1ccc2c(c1)CNc1ccccc1/C1=C\2CCCCCC1. The van der Waals surface area contributed by atoms with Gasteiger partial charge >= 0.3 is 0 Å². The lowest BCUT2D eigenvalue weighted by Crippen LogP contribution is -2.10. The van der Waals surface area contributed by atoms with Crippen LogP contribution in [0.3, 0.4) is 0 Å². The van der Waals surface area contributed by atoms with E-state index in [0.717, 1.165) is 6.54 Å². The molecule has 0 fully saturated rings. The Bertz CT molecular complexity index is 650. The van der Waals surface area contributed by atoms with Crippen LogP contribution < -0.4 is 5.32 Å². The van der Waals surface area contributed by atoms with Crippen LogP contribution >= 0.6 is 0 Å². The van der Waals surface area contributed by atoms with Crippen molar-refractivity contribution in [2.75, 3.05) is 5.32 Å². The number of anilines is 1. The number of benzene rings is 2. The Morgan fingerprint density at radius 3 is 2.09 bits per heavy atom. The molecule has 0 atom stereocenters. The second-order valence-corrected chi connectivity index (χ2v) is 6.43. The van der Waals surface area contributed by atoms with Gasteiger partial charge in [0, 0.05) is 17.8 Å². The van der Waals surface area contributed by atoms with Crippen LogP contribution in [0.25, 0.3) is 11.1 Å². The van der Waals surface area contributed by atoms with Gasteiger partial charge in [0.1, 0.15) is 0 Å². The van der Waals surface area contributed by atoms with Gasteiger partial charge in [-0.15, -0.1) is 0 Å². The molecule has 2 aromatic rings. The maximum atomic E-state index is 3.66. The van der Waals surface area contributed by atoms with Crippen LogP contribution in [0.2, 0.25) is 0 Å². The van der Waals surface area contributed by atoms with E-state index in [0.29, 0.717) is 0 Å². The summed E-state index contributed by atoms with van der Waals surface area (Å²) in [6, 6.07) is 17.8. The Balaban J connectivity index is 1.97. The largest absolute Gasteiger partial charge is 0.380 e. The predicted molar refractivity (Wildman–Crippen MR) is 94.7 cm³/mol. The van der Waals surface area contributed by atoms with Crippen LogP contribution in [-0.4, -0.2) is 0 Å². The van der Waals surface area contributed by atoms with E-state index in [1.54, 1.807) is 11.1 Å². The minimum Gasteiger partial charge on any atom is -0.380 e. The highest BCUT2D eigenvalue weighted by Gasteiger charge is 2.20. The third-order valence-electron chi connectivity index (χ3n) is 5.03. The zero-order valence-corrected chi connectivity index (χ0v) is 13.1. The van der Waals surface area contributed by atoms with Gasteiger partial charge in [-0.05, 0) is 54.0 Å². The first-order valence-corrected chi connectivity index (χ1v) is 8.57. The molecule has 112 valence electrons. The summed E-state index contributed by atoms with van der Waals surface area (Å²) in [6.07, 6.45) is 7.81. The minimum absolute atomic E-state index is 0.921. The van der Waals surface area contributed by atoms with Gasteiger partial charge in [-0.2, -0.15) is 0 Å². The molecule has 0 saturated heterocycles. The highest BCUT2D eigenvalue weighted by molar-refractivity contribution is 5.95. The molecule has 0 saturated carbocycles. The van der Waals surface area contributed by atoms with Crippen molar-refractivity contribution in [1.29, 1.82) is 0 Å². The Morgan fingerprint density at radius 1 is 0.636 bits per heavy atom. The Labute approximate surface area is 133 Å². The maximum absolute atomic E-state index is 3.66. The molecule has 1 aliphatic heterocycles. The van der Waals surface area contributed by atoms with E-state index in [-0.39, 0.29) is 0 Å². The quantitative estimate of drug-likeness (QED) is 0.639. The summed E-state index contributed by atoms with van der Waals surface area (Å²) in [5, 5.41) is 3.66. The standard InChI is InChI=1S/C21H23N/c1-2-4-12-19-18(11-3-1)17-10-6-5-9-16(17)15-22-21-14-8-7-13-20(19)21/h5-10,13-14,22H,1-4,11-12,15H2/b19-18-.